The molecule has 0 spiro atoms. The van der Waals surface area contributed by atoms with Crippen LogP contribution in [0.3, 0.4) is 0 Å². The van der Waals surface area contributed by atoms with E-state index in [9.17, 15) is 13.2 Å². The first-order valence-corrected chi connectivity index (χ1v) is 10.3. The van der Waals surface area contributed by atoms with Gasteiger partial charge in [0.1, 0.15) is 0 Å². The van der Waals surface area contributed by atoms with Crippen LogP contribution in [0.2, 0.25) is 0 Å². The van der Waals surface area contributed by atoms with Gasteiger partial charge < -0.3 is 5.32 Å². The van der Waals surface area contributed by atoms with E-state index in [-0.39, 0.29) is 5.91 Å². The van der Waals surface area contributed by atoms with Gasteiger partial charge in [0.2, 0.25) is 10.0 Å². The summed E-state index contributed by atoms with van der Waals surface area (Å²) >= 11 is 0. The Hall–Kier alpha value is -2.18. The number of nitrogens with one attached hydrogen (secondary N) is 1. The third kappa shape index (κ3) is 4.93. The Morgan fingerprint density at radius 3 is 2.08 bits per heavy atom. The lowest BCUT2D eigenvalue weighted by Crippen LogP contribution is -2.30. The SMILES string of the molecule is CCN(CC)S(=O)(=O)c1ccc(CCNC(=O)c2ccc(C)cc2)cc1. The van der Waals surface area contributed by atoms with Gasteiger partial charge in [-0.1, -0.05) is 43.7 Å². The van der Waals surface area contributed by atoms with E-state index in [2.05, 4.69) is 5.32 Å². The van der Waals surface area contributed by atoms with Gasteiger partial charge in [0.05, 0.1) is 4.90 Å². The van der Waals surface area contributed by atoms with Crippen molar-refractivity contribution in [1.82, 2.24) is 9.62 Å². The predicted octanol–water partition coefficient (Wildman–Crippen LogP) is 3.00. The number of hydrogen-bond donors (Lipinski definition) is 1. The van der Waals surface area contributed by atoms with Gasteiger partial charge >= 0.3 is 0 Å². The molecular weight excluding hydrogens is 348 g/mol. The first kappa shape index (κ1) is 20.1. The summed E-state index contributed by atoms with van der Waals surface area (Å²) < 4.78 is 26.4. The number of amides is 1. The number of hydrogen-bond acceptors (Lipinski definition) is 3. The van der Waals surface area contributed by atoms with Crippen LogP contribution < -0.4 is 5.32 Å². The molecule has 1 amide bonds. The summed E-state index contributed by atoms with van der Waals surface area (Å²) in [6.45, 7) is 7.02. The Morgan fingerprint density at radius 1 is 0.962 bits per heavy atom. The van der Waals surface area contributed by atoms with Gasteiger partial charge in [-0.15, -0.1) is 0 Å². The van der Waals surface area contributed by atoms with E-state index in [1.165, 1.54) is 4.31 Å². The molecule has 0 aliphatic heterocycles. The number of aryl methyl sites for hydroxylation is 1. The Morgan fingerprint density at radius 2 is 1.54 bits per heavy atom. The summed E-state index contributed by atoms with van der Waals surface area (Å²) in [7, 11) is -3.43. The van der Waals surface area contributed by atoms with Crippen molar-refractivity contribution < 1.29 is 13.2 Å². The lowest BCUT2D eigenvalue weighted by molar-refractivity contribution is 0.0954. The third-order valence-corrected chi connectivity index (χ3v) is 6.34. The molecule has 140 valence electrons. The largest absolute Gasteiger partial charge is 0.352 e. The molecule has 2 aromatic rings. The molecule has 26 heavy (non-hydrogen) atoms. The van der Waals surface area contributed by atoms with Crippen LogP contribution in [-0.2, 0) is 16.4 Å². The second-order valence-electron chi connectivity index (χ2n) is 6.11. The molecule has 0 radical (unpaired) electrons. The monoisotopic (exact) mass is 374 g/mol. The fraction of sp³-hybridized carbons (Fsp3) is 0.350. The maximum absolute atomic E-state index is 12.5. The van der Waals surface area contributed by atoms with Crippen LogP contribution in [0, 0.1) is 6.92 Å². The van der Waals surface area contributed by atoms with E-state index < -0.39 is 10.0 Å². The van der Waals surface area contributed by atoms with E-state index in [1.807, 2.05) is 32.9 Å². The fourth-order valence-corrected chi connectivity index (χ4v) is 4.13. The molecule has 0 unspecified atom stereocenters. The Kier molecular flexibility index (Phi) is 6.94. The Balaban J connectivity index is 1.93. The van der Waals surface area contributed by atoms with Gasteiger partial charge in [0.15, 0.2) is 0 Å². The van der Waals surface area contributed by atoms with Crippen LogP contribution in [0.4, 0.5) is 0 Å². The zero-order valence-electron chi connectivity index (χ0n) is 15.5. The molecule has 0 saturated carbocycles. The van der Waals surface area contributed by atoms with E-state index >= 15 is 0 Å². The van der Waals surface area contributed by atoms with Crippen molar-refractivity contribution in [3.05, 3.63) is 65.2 Å². The maximum atomic E-state index is 12.5. The van der Waals surface area contributed by atoms with Gasteiger partial charge in [-0.05, 0) is 43.2 Å². The minimum absolute atomic E-state index is 0.106. The van der Waals surface area contributed by atoms with Crippen molar-refractivity contribution in [3.8, 4) is 0 Å². The average molecular weight is 375 g/mol. The van der Waals surface area contributed by atoms with E-state index in [0.29, 0.717) is 36.5 Å². The molecule has 0 saturated heterocycles. The molecule has 2 rings (SSSR count). The Bertz CT molecular complexity index is 824. The van der Waals surface area contributed by atoms with Crippen LogP contribution in [0.25, 0.3) is 0 Å². The first-order chi connectivity index (χ1) is 12.4. The molecule has 0 heterocycles. The number of carbonyl (C=O) groups is 1. The minimum Gasteiger partial charge on any atom is -0.352 e. The molecule has 1 N–H and O–H groups in total. The standard InChI is InChI=1S/C20H26N2O3S/c1-4-22(5-2)26(24,25)19-12-8-17(9-13-19)14-15-21-20(23)18-10-6-16(3)7-11-18/h6-13H,4-5,14-15H2,1-3H3,(H,21,23). The van der Waals surface area contributed by atoms with E-state index in [0.717, 1.165) is 11.1 Å². The van der Waals surface area contributed by atoms with Crippen LogP contribution in [-0.4, -0.2) is 38.3 Å². The summed E-state index contributed by atoms with van der Waals surface area (Å²) in [6, 6.07) is 14.3. The number of benzene rings is 2. The zero-order chi connectivity index (χ0) is 19.2. The van der Waals surface area contributed by atoms with E-state index in [1.54, 1.807) is 36.4 Å². The minimum atomic E-state index is -3.43. The predicted molar refractivity (Wildman–Crippen MR) is 104 cm³/mol. The molecule has 2 aromatic carbocycles. The second kappa shape index (κ2) is 8.96. The summed E-state index contributed by atoms with van der Waals surface area (Å²) in [5, 5.41) is 2.88. The van der Waals surface area contributed by atoms with Crippen molar-refractivity contribution in [2.45, 2.75) is 32.1 Å². The van der Waals surface area contributed by atoms with Gasteiger partial charge in [-0.3, -0.25) is 4.79 Å². The smallest absolute Gasteiger partial charge is 0.251 e. The van der Waals surface area contributed by atoms with Gasteiger partial charge in [-0.2, -0.15) is 4.31 Å². The van der Waals surface area contributed by atoms with Crippen molar-refractivity contribution >= 4 is 15.9 Å². The van der Waals surface area contributed by atoms with Crippen LogP contribution in [0.5, 0.6) is 0 Å². The van der Waals surface area contributed by atoms with Crippen molar-refractivity contribution in [2.75, 3.05) is 19.6 Å². The zero-order valence-corrected chi connectivity index (χ0v) is 16.3. The van der Waals surface area contributed by atoms with Crippen molar-refractivity contribution in [3.63, 3.8) is 0 Å². The van der Waals surface area contributed by atoms with Crippen molar-refractivity contribution in [2.24, 2.45) is 0 Å². The highest BCUT2D eigenvalue weighted by Gasteiger charge is 2.21. The van der Waals surface area contributed by atoms with Crippen LogP contribution >= 0.6 is 0 Å². The highest BCUT2D eigenvalue weighted by atomic mass is 32.2. The molecule has 0 bridgehead atoms. The molecule has 6 heteroatoms. The summed E-state index contributed by atoms with van der Waals surface area (Å²) in [5.41, 5.74) is 2.73. The normalized spacial score (nSPS) is 11.5. The summed E-state index contributed by atoms with van der Waals surface area (Å²) in [5.74, 6) is -0.106. The molecular formula is C20H26N2O3S. The average Bonchev–Trinajstić information content (AvgIpc) is 2.63. The summed E-state index contributed by atoms with van der Waals surface area (Å²) in [4.78, 5) is 12.4. The number of nitrogens with zero attached hydrogens (tertiary/aromatic N) is 1. The van der Waals surface area contributed by atoms with Gasteiger partial charge in [0.25, 0.3) is 5.91 Å². The first-order valence-electron chi connectivity index (χ1n) is 8.82. The molecule has 0 aromatic heterocycles. The molecule has 0 aliphatic carbocycles. The second-order valence-corrected chi connectivity index (χ2v) is 8.04. The topological polar surface area (TPSA) is 66.5 Å². The van der Waals surface area contributed by atoms with Crippen LogP contribution in [0.15, 0.2) is 53.4 Å². The molecule has 0 fully saturated rings. The number of sulfonamides is 1. The Labute approximate surface area is 156 Å². The van der Waals surface area contributed by atoms with Gasteiger partial charge in [0, 0.05) is 25.2 Å². The van der Waals surface area contributed by atoms with Crippen LogP contribution in [0.1, 0.15) is 35.3 Å². The summed E-state index contributed by atoms with van der Waals surface area (Å²) in [6.07, 6.45) is 0.642. The highest BCUT2D eigenvalue weighted by Crippen LogP contribution is 2.16. The highest BCUT2D eigenvalue weighted by molar-refractivity contribution is 7.89. The molecule has 0 aliphatic rings. The van der Waals surface area contributed by atoms with Gasteiger partial charge in [-0.25, -0.2) is 8.42 Å². The third-order valence-electron chi connectivity index (χ3n) is 4.28. The number of carbonyl (C=O) groups excluding carboxylic acids is 1. The van der Waals surface area contributed by atoms with Crippen molar-refractivity contribution in [1.29, 1.82) is 0 Å². The maximum Gasteiger partial charge on any atom is 0.251 e. The lowest BCUT2D eigenvalue weighted by Gasteiger charge is -2.18. The molecule has 5 nitrogen and oxygen atoms in total. The van der Waals surface area contributed by atoms with E-state index in [4.69, 9.17) is 0 Å². The lowest BCUT2D eigenvalue weighted by atomic mass is 10.1. The number of rotatable bonds is 8. The molecule has 0 atom stereocenters. The quantitative estimate of drug-likeness (QED) is 0.772. The fourth-order valence-electron chi connectivity index (χ4n) is 2.67.